The van der Waals surface area contributed by atoms with Gasteiger partial charge in [-0.15, -0.1) is 0 Å². The molecule has 0 aromatic heterocycles. The number of oxime groups is 1. The molecule has 0 spiro atoms. The molecule has 1 aromatic rings. The molecule has 0 heterocycles. The molecule has 0 saturated heterocycles. The van der Waals surface area contributed by atoms with Crippen LogP contribution in [0.2, 0.25) is 0 Å². The van der Waals surface area contributed by atoms with Gasteiger partial charge in [0.2, 0.25) is 0 Å². The lowest BCUT2D eigenvalue weighted by Crippen LogP contribution is -2.04. The molecule has 5 heteroatoms. The zero-order valence-corrected chi connectivity index (χ0v) is 9.48. The first-order chi connectivity index (χ1) is 8.19. The van der Waals surface area contributed by atoms with Crippen molar-refractivity contribution in [1.29, 1.82) is 5.26 Å². The van der Waals surface area contributed by atoms with Crippen LogP contribution in [0.3, 0.4) is 0 Å². The Labute approximate surface area is 98.9 Å². The van der Waals surface area contributed by atoms with Crippen molar-refractivity contribution in [2.45, 2.75) is 19.8 Å². The first kappa shape index (κ1) is 13.0. The van der Waals surface area contributed by atoms with Crippen molar-refractivity contribution in [3.05, 3.63) is 29.6 Å². The number of halogens is 1. The first-order valence-corrected chi connectivity index (χ1v) is 5.17. The molecule has 0 radical (unpaired) electrons. The minimum atomic E-state index is -0.422. The number of nitriles is 1. The number of nitrogens with zero attached hydrogens (tertiary/aromatic N) is 2. The molecule has 0 atom stereocenters. The number of hydrogen-bond acceptors (Lipinski definition) is 4. The smallest absolute Gasteiger partial charge is 0.131 e. The van der Waals surface area contributed by atoms with Gasteiger partial charge < -0.3 is 9.94 Å². The molecule has 0 saturated carbocycles. The van der Waals surface area contributed by atoms with Gasteiger partial charge in [0.25, 0.3) is 0 Å². The van der Waals surface area contributed by atoms with Gasteiger partial charge in [0, 0.05) is 18.1 Å². The second-order valence-corrected chi connectivity index (χ2v) is 3.44. The Kier molecular flexibility index (Phi) is 4.95. The maximum atomic E-state index is 13.1. The van der Waals surface area contributed by atoms with Crippen LogP contribution < -0.4 is 4.74 Å². The van der Waals surface area contributed by atoms with E-state index in [1.54, 1.807) is 6.92 Å². The fourth-order valence-electron chi connectivity index (χ4n) is 1.30. The highest BCUT2D eigenvalue weighted by Crippen LogP contribution is 2.21. The average molecular weight is 236 g/mol. The van der Waals surface area contributed by atoms with Crippen molar-refractivity contribution in [3.8, 4) is 11.8 Å². The lowest BCUT2D eigenvalue weighted by atomic mass is 10.1. The van der Waals surface area contributed by atoms with Crippen molar-refractivity contribution < 1.29 is 14.3 Å². The monoisotopic (exact) mass is 236 g/mol. The van der Waals surface area contributed by atoms with E-state index in [2.05, 4.69) is 5.16 Å². The average Bonchev–Trinajstić information content (AvgIpc) is 2.34. The Balaban J connectivity index is 2.81. The van der Waals surface area contributed by atoms with E-state index in [1.165, 1.54) is 18.2 Å². The molecule has 1 aromatic carbocycles. The van der Waals surface area contributed by atoms with Gasteiger partial charge in [-0.2, -0.15) is 5.26 Å². The van der Waals surface area contributed by atoms with Gasteiger partial charge in [0.15, 0.2) is 0 Å². The van der Waals surface area contributed by atoms with Gasteiger partial charge in [0.1, 0.15) is 11.6 Å². The van der Waals surface area contributed by atoms with Crippen LogP contribution in [0.5, 0.6) is 5.75 Å². The molecule has 1 rings (SSSR count). The van der Waals surface area contributed by atoms with E-state index in [0.29, 0.717) is 36.5 Å². The summed E-state index contributed by atoms with van der Waals surface area (Å²) >= 11 is 0. The SMILES string of the molecule is CC(=NO)c1ccc(F)cc1OCCCC#N. The van der Waals surface area contributed by atoms with Gasteiger partial charge in [-0.1, -0.05) is 5.16 Å². The van der Waals surface area contributed by atoms with Crippen LogP contribution in [0.25, 0.3) is 0 Å². The summed E-state index contributed by atoms with van der Waals surface area (Å²) in [4.78, 5) is 0. The molecule has 1 N–H and O–H groups in total. The van der Waals surface area contributed by atoms with Crippen LogP contribution in [0.15, 0.2) is 23.4 Å². The minimum Gasteiger partial charge on any atom is -0.493 e. The Bertz CT molecular complexity index is 452. The molecule has 90 valence electrons. The van der Waals surface area contributed by atoms with E-state index in [1.807, 2.05) is 6.07 Å². The molecular weight excluding hydrogens is 223 g/mol. The second kappa shape index (κ2) is 6.48. The number of unbranched alkanes of at least 4 members (excludes halogenated alkanes) is 1. The molecule has 0 aliphatic carbocycles. The third-order valence-corrected chi connectivity index (χ3v) is 2.17. The predicted molar refractivity (Wildman–Crippen MR) is 60.7 cm³/mol. The maximum Gasteiger partial charge on any atom is 0.131 e. The molecule has 4 nitrogen and oxygen atoms in total. The van der Waals surface area contributed by atoms with Crippen LogP contribution in [0.1, 0.15) is 25.3 Å². The Morgan fingerprint density at radius 2 is 2.35 bits per heavy atom. The van der Waals surface area contributed by atoms with Crippen LogP contribution in [-0.4, -0.2) is 17.5 Å². The van der Waals surface area contributed by atoms with Crippen LogP contribution in [-0.2, 0) is 0 Å². The molecule has 0 unspecified atom stereocenters. The molecule has 0 aliphatic heterocycles. The lowest BCUT2D eigenvalue weighted by molar-refractivity contribution is 0.307. The fourth-order valence-corrected chi connectivity index (χ4v) is 1.30. The molecule has 17 heavy (non-hydrogen) atoms. The van der Waals surface area contributed by atoms with Crippen LogP contribution in [0.4, 0.5) is 4.39 Å². The van der Waals surface area contributed by atoms with Crippen LogP contribution >= 0.6 is 0 Å². The summed E-state index contributed by atoms with van der Waals surface area (Å²) in [6.07, 6.45) is 0.958. The fraction of sp³-hybridized carbons (Fsp3) is 0.333. The van der Waals surface area contributed by atoms with Crippen molar-refractivity contribution >= 4 is 5.71 Å². The summed E-state index contributed by atoms with van der Waals surface area (Å²) < 4.78 is 18.4. The van der Waals surface area contributed by atoms with Crippen molar-refractivity contribution in [3.63, 3.8) is 0 Å². The molecule has 0 amide bonds. The summed E-state index contributed by atoms with van der Waals surface area (Å²) in [5, 5.41) is 20.1. The highest BCUT2D eigenvalue weighted by Gasteiger charge is 2.08. The van der Waals surface area contributed by atoms with Crippen molar-refractivity contribution in [2.24, 2.45) is 5.16 Å². The van der Waals surface area contributed by atoms with Gasteiger partial charge >= 0.3 is 0 Å². The van der Waals surface area contributed by atoms with Gasteiger partial charge in [0.05, 0.1) is 18.4 Å². The Hall–Kier alpha value is -2.09. The normalized spacial score (nSPS) is 11.0. The number of benzene rings is 1. The van der Waals surface area contributed by atoms with E-state index in [0.717, 1.165) is 0 Å². The number of ether oxygens (including phenoxy) is 1. The molecule has 0 aliphatic rings. The zero-order valence-electron chi connectivity index (χ0n) is 9.48. The zero-order chi connectivity index (χ0) is 12.7. The standard InChI is InChI=1S/C12H13FN2O2/c1-9(15-16)11-5-4-10(13)8-12(11)17-7-3-2-6-14/h4-5,8,16H,2-3,7H2,1H3. The van der Waals surface area contributed by atoms with E-state index >= 15 is 0 Å². The summed E-state index contributed by atoms with van der Waals surface area (Å²) in [6, 6.07) is 5.99. The summed E-state index contributed by atoms with van der Waals surface area (Å²) in [7, 11) is 0. The van der Waals surface area contributed by atoms with Crippen LogP contribution in [0, 0.1) is 17.1 Å². The number of rotatable bonds is 5. The van der Waals surface area contributed by atoms with E-state index in [9.17, 15) is 4.39 Å². The van der Waals surface area contributed by atoms with E-state index < -0.39 is 5.82 Å². The predicted octanol–water partition coefficient (Wildman–Crippen LogP) is 2.71. The highest BCUT2D eigenvalue weighted by molar-refractivity contribution is 6.00. The second-order valence-electron chi connectivity index (χ2n) is 3.44. The molecule has 0 fully saturated rings. The van der Waals surface area contributed by atoms with E-state index in [4.69, 9.17) is 15.2 Å². The maximum absolute atomic E-state index is 13.1. The number of hydrogen-bond donors (Lipinski definition) is 1. The topological polar surface area (TPSA) is 65.6 Å². The Morgan fingerprint density at radius 1 is 1.59 bits per heavy atom. The van der Waals surface area contributed by atoms with Gasteiger partial charge in [-0.25, -0.2) is 4.39 Å². The quantitative estimate of drug-likeness (QED) is 0.370. The van der Waals surface area contributed by atoms with Gasteiger partial charge in [-0.3, -0.25) is 0 Å². The largest absolute Gasteiger partial charge is 0.493 e. The summed E-state index contributed by atoms with van der Waals surface area (Å²) in [5.41, 5.74) is 0.881. The summed E-state index contributed by atoms with van der Waals surface area (Å²) in [6.45, 7) is 1.91. The minimum absolute atomic E-state index is 0.318. The molecule has 0 bridgehead atoms. The van der Waals surface area contributed by atoms with Crippen molar-refractivity contribution in [2.75, 3.05) is 6.61 Å². The third kappa shape index (κ3) is 3.76. The first-order valence-electron chi connectivity index (χ1n) is 5.17. The third-order valence-electron chi connectivity index (χ3n) is 2.17. The Morgan fingerprint density at radius 3 is 3.00 bits per heavy atom. The summed E-state index contributed by atoms with van der Waals surface area (Å²) in [5.74, 6) is -0.104. The van der Waals surface area contributed by atoms with Crippen molar-refractivity contribution in [1.82, 2.24) is 0 Å². The van der Waals surface area contributed by atoms with Gasteiger partial charge in [-0.05, 0) is 25.5 Å². The lowest BCUT2D eigenvalue weighted by Gasteiger charge is -2.10. The molecular formula is C12H13FN2O2. The highest BCUT2D eigenvalue weighted by atomic mass is 19.1. The van der Waals surface area contributed by atoms with E-state index in [-0.39, 0.29) is 0 Å².